The van der Waals surface area contributed by atoms with Crippen LogP contribution in [0.1, 0.15) is 41.2 Å². The van der Waals surface area contributed by atoms with Crippen LogP contribution in [-0.4, -0.2) is 12.4 Å². The third-order valence-corrected chi connectivity index (χ3v) is 4.45. The van der Waals surface area contributed by atoms with E-state index < -0.39 is 0 Å². The lowest BCUT2D eigenvalue weighted by Crippen LogP contribution is -2.17. The normalized spacial score (nSPS) is 13.8. The van der Waals surface area contributed by atoms with Gasteiger partial charge in [-0.3, -0.25) is 5.43 Å². The Labute approximate surface area is 138 Å². The Morgan fingerprint density at radius 3 is 2.61 bits per heavy atom. The van der Waals surface area contributed by atoms with Gasteiger partial charge in [-0.25, -0.2) is 0 Å². The lowest BCUT2D eigenvalue weighted by Gasteiger charge is -2.12. The van der Waals surface area contributed by atoms with Gasteiger partial charge in [-0.2, -0.15) is 5.10 Å². The van der Waals surface area contributed by atoms with E-state index in [-0.39, 0.29) is 0 Å². The van der Waals surface area contributed by atoms with Gasteiger partial charge >= 0.3 is 0 Å². The summed E-state index contributed by atoms with van der Waals surface area (Å²) in [7, 11) is 0. The molecule has 1 aliphatic rings. The average Bonchev–Trinajstić information content (AvgIpc) is 3.01. The number of fused-ring (bicyclic) bond motifs is 1. The van der Waals surface area contributed by atoms with Crippen LogP contribution in [0.2, 0.25) is 0 Å². The van der Waals surface area contributed by atoms with E-state index in [1.54, 1.807) is 0 Å². The predicted molar refractivity (Wildman–Crippen MR) is 95.2 cm³/mol. The molecular formula is C20H24N2O. The van der Waals surface area contributed by atoms with Gasteiger partial charge in [-0.15, -0.1) is 0 Å². The van der Waals surface area contributed by atoms with Gasteiger partial charge in [0.05, 0.1) is 5.71 Å². The molecule has 0 spiro atoms. The van der Waals surface area contributed by atoms with Crippen molar-refractivity contribution in [1.82, 2.24) is 5.43 Å². The summed E-state index contributed by atoms with van der Waals surface area (Å²) in [5.74, 6) is 0.936. The number of nitrogens with one attached hydrogen (secondary N) is 1. The van der Waals surface area contributed by atoms with Crippen molar-refractivity contribution in [3.8, 4) is 5.75 Å². The molecule has 2 aromatic carbocycles. The van der Waals surface area contributed by atoms with Gasteiger partial charge < -0.3 is 4.74 Å². The van der Waals surface area contributed by atoms with Gasteiger partial charge in [0.25, 0.3) is 0 Å². The molecule has 120 valence electrons. The fourth-order valence-corrected chi connectivity index (χ4v) is 3.14. The van der Waals surface area contributed by atoms with E-state index in [9.17, 15) is 0 Å². The molecule has 3 rings (SSSR count). The number of rotatable bonds is 5. The van der Waals surface area contributed by atoms with Crippen LogP contribution in [0.25, 0.3) is 0 Å². The van der Waals surface area contributed by atoms with Crippen LogP contribution in [-0.2, 0) is 12.8 Å². The van der Waals surface area contributed by atoms with E-state index in [1.807, 2.05) is 13.0 Å². The number of ether oxygens (including phenoxy) is 1. The number of hydrazone groups is 1. The van der Waals surface area contributed by atoms with Crippen LogP contribution >= 0.6 is 0 Å². The summed E-state index contributed by atoms with van der Waals surface area (Å²) >= 11 is 0. The SMILES string of the molecule is C/C(=N\NCOc1c(C)cccc1C)c1ccc2c(c1)CCC2. The molecule has 0 aromatic heterocycles. The van der Waals surface area contributed by atoms with Crippen molar-refractivity contribution in [2.24, 2.45) is 5.10 Å². The molecule has 0 fully saturated rings. The van der Waals surface area contributed by atoms with Crippen LogP contribution in [0.15, 0.2) is 41.5 Å². The second kappa shape index (κ2) is 6.86. The van der Waals surface area contributed by atoms with Gasteiger partial charge in [0.1, 0.15) is 5.75 Å². The molecule has 1 N–H and O–H groups in total. The second-order valence-electron chi connectivity index (χ2n) is 6.20. The minimum atomic E-state index is 0.369. The first-order valence-corrected chi connectivity index (χ1v) is 8.23. The number of hydrogen-bond acceptors (Lipinski definition) is 3. The molecule has 0 heterocycles. The topological polar surface area (TPSA) is 33.6 Å². The van der Waals surface area contributed by atoms with Crippen molar-refractivity contribution < 1.29 is 4.74 Å². The maximum Gasteiger partial charge on any atom is 0.173 e. The molecule has 0 saturated carbocycles. The fraction of sp³-hybridized carbons (Fsp3) is 0.350. The van der Waals surface area contributed by atoms with Gasteiger partial charge in [0.15, 0.2) is 6.73 Å². The summed E-state index contributed by atoms with van der Waals surface area (Å²) in [5, 5.41) is 4.44. The third kappa shape index (κ3) is 3.55. The van der Waals surface area contributed by atoms with E-state index in [0.29, 0.717) is 6.73 Å². The smallest absolute Gasteiger partial charge is 0.173 e. The van der Waals surface area contributed by atoms with E-state index in [4.69, 9.17) is 4.74 Å². The Kier molecular flexibility index (Phi) is 4.65. The summed E-state index contributed by atoms with van der Waals surface area (Å²) in [6.07, 6.45) is 3.68. The second-order valence-corrected chi connectivity index (χ2v) is 6.20. The summed E-state index contributed by atoms with van der Waals surface area (Å²) in [4.78, 5) is 0. The molecule has 0 saturated heterocycles. The Bertz CT molecular complexity index is 714. The van der Waals surface area contributed by atoms with E-state index in [2.05, 4.69) is 54.7 Å². The summed E-state index contributed by atoms with van der Waals surface area (Å²) in [6, 6.07) is 12.8. The van der Waals surface area contributed by atoms with E-state index >= 15 is 0 Å². The van der Waals surface area contributed by atoms with Crippen molar-refractivity contribution in [2.45, 2.75) is 40.0 Å². The van der Waals surface area contributed by atoms with E-state index in [1.165, 1.54) is 36.0 Å². The average molecular weight is 308 g/mol. The van der Waals surface area contributed by atoms with Crippen LogP contribution in [0.5, 0.6) is 5.75 Å². The first-order valence-electron chi connectivity index (χ1n) is 8.23. The largest absolute Gasteiger partial charge is 0.471 e. The highest BCUT2D eigenvalue weighted by Gasteiger charge is 2.11. The quantitative estimate of drug-likeness (QED) is 0.390. The summed E-state index contributed by atoms with van der Waals surface area (Å²) in [6.45, 7) is 6.51. The maximum atomic E-state index is 5.81. The van der Waals surface area contributed by atoms with Crippen molar-refractivity contribution in [3.05, 3.63) is 64.2 Å². The number of benzene rings is 2. The number of aryl methyl sites for hydroxylation is 4. The molecule has 3 heteroatoms. The highest BCUT2D eigenvalue weighted by Crippen LogP contribution is 2.23. The van der Waals surface area contributed by atoms with Crippen molar-refractivity contribution >= 4 is 5.71 Å². The van der Waals surface area contributed by atoms with E-state index in [0.717, 1.165) is 22.6 Å². The highest BCUT2D eigenvalue weighted by atomic mass is 16.5. The van der Waals surface area contributed by atoms with Crippen LogP contribution < -0.4 is 10.2 Å². The molecule has 0 radical (unpaired) electrons. The van der Waals surface area contributed by atoms with Crippen molar-refractivity contribution in [1.29, 1.82) is 0 Å². The van der Waals surface area contributed by atoms with Gasteiger partial charge in [0, 0.05) is 0 Å². The number of hydrogen-bond donors (Lipinski definition) is 1. The van der Waals surface area contributed by atoms with Crippen LogP contribution in [0.4, 0.5) is 0 Å². The molecule has 3 nitrogen and oxygen atoms in total. The first-order chi connectivity index (χ1) is 11.1. The molecule has 0 atom stereocenters. The highest BCUT2D eigenvalue weighted by molar-refractivity contribution is 5.98. The zero-order valence-corrected chi connectivity index (χ0v) is 14.1. The Morgan fingerprint density at radius 1 is 1.09 bits per heavy atom. The minimum Gasteiger partial charge on any atom is -0.471 e. The summed E-state index contributed by atoms with van der Waals surface area (Å²) in [5.41, 5.74) is 10.5. The molecule has 0 bridgehead atoms. The minimum absolute atomic E-state index is 0.369. The number of para-hydroxylation sites is 1. The standard InChI is InChI=1S/C20H24N2O/c1-14-6-4-7-15(2)20(14)23-13-21-22-16(3)18-11-10-17-8-5-9-19(17)12-18/h4,6-7,10-12,21H,5,8-9,13H2,1-3H3/b22-16+. The van der Waals surface area contributed by atoms with Crippen LogP contribution in [0.3, 0.4) is 0 Å². The zero-order chi connectivity index (χ0) is 16.2. The Balaban J connectivity index is 1.60. The maximum absolute atomic E-state index is 5.81. The van der Waals surface area contributed by atoms with Crippen molar-refractivity contribution in [2.75, 3.05) is 6.73 Å². The lowest BCUT2D eigenvalue weighted by molar-refractivity contribution is 0.283. The molecular weight excluding hydrogens is 284 g/mol. The van der Waals surface area contributed by atoms with Crippen molar-refractivity contribution in [3.63, 3.8) is 0 Å². The number of nitrogens with zero attached hydrogens (tertiary/aromatic N) is 1. The van der Waals surface area contributed by atoms with Gasteiger partial charge in [0.2, 0.25) is 0 Å². The Morgan fingerprint density at radius 2 is 1.83 bits per heavy atom. The molecule has 0 unspecified atom stereocenters. The zero-order valence-electron chi connectivity index (χ0n) is 14.1. The monoisotopic (exact) mass is 308 g/mol. The molecule has 1 aliphatic carbocycles. The first kappa shape index (κ1) is 15.6. The van der Waals surface area contributed by atoms with Gasteiger partial charge in [-0.05, 0) is 73.9 Å². The summed E-state index contributed by atoms with van der Waals surface area (Å²) < 4.78 is 5.81. The lowest BCUT2D eigenvalue weighted by atomic mass is 10.0. The van der Waals surface area contributed by atoms with Gasteiger partial charge in [-0.1, -0.05) is 30.3 Å². The molecule has 0 amide bonds. The molecule has 2 aromatic rings. The third-order valence-electron chi connectivity index (χ3n) is 4.45. The fourth-order valence-electron chi connectivity index (χ4n) is 3.14. The van der Waals surface area contributed by atoms with Crippen LogP contribution in [0, 0.1) is 13.8 Å². The Hall–Kier alpha value is -2.29. The molecule has 23 heavy (non-hydrogen) atoms. The molecule has 0 aliphatic heterocycles. The predicted octanol–water partition coefficient (Wildman–Crippen LogP) is 4.14.